The van der Waals surface area contributed by atoms with Gasteiger partial charge in [-0.1, -0.05) is 0 Å². The highest BCUT2D eigenvalue weighted by Crippen LogP contribution is 2.22. The largest absolute Gasteiger partial charge is 0.369 e. The Morgan fingerprint density at radius 1 is 1.06 bits per heavy atom. The Morgan fingerprint density at radius 3 is 2.28 bits per heavy atom. The number of fused-ring (bicyclic) bond motifs is 1. The molecule has 1 aliphatic heterocycles. The maximum atomic E-state index is 13.2. The number of anilines is 1. The van der Waals surface area contributed by atoms with Gasteiger partial charge in [-0.3, -0.25) is 23.6 Å². The standard InChI is InChI=1S/C22H27FN6O3/c1-14(15(2)30)29-18(24-20-19(29)21(31)26(4)22(32)25(20)3)13-27-9-11-28(12-10-27)17-7-5-16(23)6-8-17/h5-8,14H,9-13H2,1-4H3. The number of piperazine rings is 1. The zero-order valence-electron chi connectivity index (χ0n) is 18.7. The normalized spacial score (nSPS) is 16.0. The van der Waals surface area contributed by atoms with Crippen LogP contribution in [0.15, 0.2) is 33.9 Å². The number of aromatic nitrogens is 4. The van der Waals surface area contributed by atoms with Gasteiger partial charge in [0, 0.05) is 46.0 Å². The number of aryl methyl sites for hydroxylation is 1. The van der Waals surface area contributed by atoms with Crippen molar-refractivity contribution in [1.29, 1.82) is 0 Å². The van der Waals surface area contributed by atoms with Crippen LogP contribution in [0.5, 0.6) is 0 Å². The van der Waals surface area contributed by atoms with E-state index in [1.807, 2.05) is 0 Å². The van der Waals surface area contributed by atoms with E-state index in [9.17, 15) is 18.8 Å². The number of hydrogen-bond donors (Lipinski definition) is 0. The molecular formula is C22H27FN6O3. The fourth-order valence-electron chi connectivity index (χ4n) is 4.19. The summed E-state index contributed by atoms with van der Waals surface area (Å²) in [6.45, 7) is 6.67. The molecule has 0 spiro atoms. The third-order valence-corrected chi connectivity index (χ3v) is 6.27. The molecule has 1 atom stereocenters. The van der Waals surface area contributed by atoms with Gasteiger partial charge in [0.25, 0.3) is 5.56 Å². The minimum absolute atomic E-state index is 0.0948. The van der Waals surface area contributed by atoms with Crippen molar-refractivity contribution in [1.82, 2.24) is 23.6 Å². The molecule has 3 heterocycles. The van der Waals surface area contributed by atoms with Crippen LogP contribution in [-0.2, 0) is 25.4 Å². The van der Waals surface area contributed by atoms with E-state index in [4.69, 9.17) is 0 Å². The van der Waals surface area contributed by atoms with Crippen molar-refractivity contribution in [2.24, 2.45) is 14.1 Å². The van der Waals surface area contributed by atoms with Crippen molar-refractivity contribution in [3.8, 4) is 0 Å². The number of halogens is 1. The average molecular weight is 442 g/mol. The van der Waals surface area contributed by atoms with Gasteiger partial charge in [-0.15, -0.1) is 0 Å². The molecule has 1 aromatic carbocycles. The van der Waals surface area contributed by atoms with E-state index in [2.05, 4.69) is 14.8 Å². The third-order valence-electron chi connectivity index (χ3n) is 6.27. The SMILES string of the molecule is CC(=O)C(C)n1c(CN2CCN(c3ccc(F)cc3)CC2)nc2c1c(=O)n(C)c(=O)n2C. The van der Waals surface area contributed by atoms with Crippen molar-refractivity contribution in [2.45, 2.75) is 26.4 Å². The molecule has 3 aromatic rings. The Bertz CT molecular complexity index is 1280. The van der Waals surface area contributed by atoms with E-state index in [1.54, 1.807) is 30.7 Å². The fraction of sp³-hybridized carbons (Fsp3) is 0.455. The highest BCUT2D eigenvalue weighted by Gasteiger charge is 2.26. The summed E-state index contributed by atoms with van der Waals surface area (Å²) in [6, 6.07) is 5.88. The molecule has 1 aliphatic rings. The Hall–Kier alpha value is -3.27. The molecule has 4 rings (SSSR count). The van der Waals surface area contributed by atoms with Gasteiger partial charge < -0.3 is 9.47 Å². The number of ketones is 1. The first kappa shape index (κ1) is 21.9. The summed E-state index contributed by atoms with van der Waals surface area (Å²) in [4.78, 5) is 46.5. The molecule has 170 valence electrons. The first-order valence-electron chi connectivity index (χ1n) is 10.6. The summed E-state index contributed by atoms with van der Waals surface area (Å²) >= 11 is 0. The van der Waals surface area contributed by atoms with Crippen LogP contribution in [0, 0.1) is 5.82 Å². The van der Waals surface area contributed by atoms with E-state index >= 15 is 0 Å². The molecular weight excluding hydrogens is 415 g/mol. The lowest BCUT2D eigenvalue weighted by Gasteiger charge is -2.36. The third kappa shape index (κ3) is 3.75. The number of carbonyl (C=O) groups is 1. The van der Waals surface area contributed by atoms with Crippen LogP contribution in [0.1, 0.15) is 25.7 Å². The number of rotatable bonds is 5. The van der Waals surface area contributed by atoms with Gasteiger partial charge in [-0.05, 0) is 38.1 Å². The van der Waals surface area contributed by atoms with Crippen LogP contribution >= 0.6 is 0 Å². The average Bonchev–Trinajstić information content (AvgIpc) is 3.15. The second kappa shape index (κ2) is 8.34. The van der Waals surface area contributed by atoms with Gasteiger partial charge in [-0.2, -0.15) is 0 Å². The Labute approximate surface area is 184 Å². The predicted molar refractivity (Wildman–Crippen MR) is 119 cm³/mol. The maximum absolute atomic E-state index is 13.2. The molecule has 0 bridgehead atoms. The van der Waals surface area contributed by atoms with Gasteiger partial charge in [0.05, 0.1) is 12.6 Å². The lowest BCUT2D eigenvalue weighted by atomic mass is 10.2. The van der Waals surface area contributed by atoms with E-state index in [0.29, 0.717) is 12.4 Å². The minimum atomic E-state index is -0.583. The molecule has 2 aromatic heterocycles. The number of benzene rings is 1. The number of nitrogens with zero attached hydrogens (tertiary/aromatic N) is 6. The van der Waals surface area contributed by atoms with E-state index in [0.717, 1.165) is 36.4 Å². The number of hydrogen-bond acceptors (Lipinski definition) is 6. The van der Waals surface area contributed by atoms with Crippen molar-refractivity contribution >= 4 is 22.6 Å². The predicted octanol–water partition coefficient (Wildman–Crippen LogP) is 1.05. The van der Waals surface area contributed by atoms with Crippen LogP contribution in [0.25, 0.3) is 11.2 Å². The highest BCUT2D eigenvalue weighted by atomic mass is 19.1. The van der Waals surface area contributed by atoms with Crippen LogP contribution < -0.4 is 16.1 Å². The molecule has 32 heavy (non-hydrogen) atoms. The van der Waals surface area contributed by atoms with Crippen LogP contribution in [0.2, 0.25) is 0 Å². The van der Waals surface area contributed by atoms with Gasteiger partial charge >= 0.3 is 5.69 Å². The summed E-state index contributed by atoms with van der Waals surface area (Å²) in [5.41, 5.74) is 0.601. The molecule has 9 nitrogen and oxygen atoms in total. The first-order valence-corrected chi connectivity index (χ1v) is 10.6. The first-order chi connectivity index (χ1) is 15.2. The molecule has 0 amide bonds. The molecule has 10 heteroatoms. The Morgan fingerprint density at radius 2 is 1.69 bits per heavy atom. The second-order valence-electron chi connectivity index (χ2n) is 8.30. The minimum Gasteiger partial charge on any atom is -0.369 e. The van der Waals surface area contributed by atoms with E-state index < -0.39 is 17.3 Å². The van der Waals surface area contributed by atoms with Gasteiger partial charge in [0.1, 0.15) is 11.6 Å². The van der Waals surface area contributed by atoms with Gasteiger partial charge in [0.2, 0.25) is 0 Å². The lowest BCUT2D eigenvalue weighted by molar-refractivity contribution is -0.119. The lowest BCUT2D eigenvalue weighted by Crippen LogP contribution is -2.46. The highest BCUT2D eigenvalue weighted by molar-refractivity contribution is 5.82. The molecule has 1 saturated heterocycles. The van der Waals surface area contributed by atoms with Crippen LogP contribution in [-0.4, -0.2) is 55.5 Å². The monoisotopic (exact) mass is 442 g/mol. The number of imidazole rings is 1. The summed E-state index contributed by atoms with van der Waals surface area (Å²) in [5, 5.41) is 0. The zero-order valence-corrected chi connectivity index (χ0v) is 18.7. The quantitative estimate of drug-likeness (QED) is 0.587. The summed E-state index contributed by atoms with van der Waals surface area (Å²) in [6.07, 6.45) is 0. The van der Waals surface area contributed by atoms with Crippen LogP contribution in [0.3, 0.4) is 0 Å². The molecule has 0 aliphatic carbocycles. The molecule has 0 N–H and O–H groups in total. The Kier molecular flexibility index (Phi) is 5.72. The second-order valence-corrected chi connectivity index (χ2v) is 8.30. The van der Waals surface area contributed by atoms with Crippen molar-refractivity contribution in [3.63, 3.8) is 0 Å². The number of carbonyl (C=O) groups excluding carboxylic acids is 1. The smallest absolute Gasteiger partial charge is 0.332 e. The van der Waals surface area contributed by atoms with Crippen LogP contribution in [0.4, 0.5) is 10.1 Å². The summed E-state index contributed by atoms with van der Waals surface area (Å²) < 4.78 is 17.3. The molecule has 1 unspecified atom stereocenters. The zero-order chi connectivity index (χ0) is 23.2. The van der Waals surface area contributed by atoms with E-state index in [1.165, 1.54) is 30.7 Å². The van der Waals surface area contributed by atoms with Gasteiger partial charge in [0.15, 0.2) is 16.9 Å². The molecule has 0 radical (unpaired) electrons. The molecule has 0 saturated carbocycles. The number of Topliss-reactive ketones (excluding diaryl/α,β-unsaturated/α-hetero) is 1. The Balaban J connectivity index is 1.65. The molecule has 1 fully saturated rings. The van der Waals surface area contributed by atoms with Crippen molar-refractivity contribution in [3.05, 3.63) is 56.7 Å². The van der Waals surface area contributed by atoms with E-state index in [-0.39, 0.29) is 22.8 Å². The maximum Gasteiger partial charge on any atom is 0.332 e. The van der Waals surface area contributed by atoms with Gasteiger partial charge in [-0.25, -0.2) is 14.2 Å². The summed E-state index contributed by atoms with van der Waals surface area (Å²) in [5.74, 6) is 0.227. The topological polar surface area (TPSA) is 85.4 Å². The summed E-state index contributed by atoms with van der Waals surface area (Å²) in [7, 11) is 3.00. The van der Waals surface area contributed by atoms with Crippen molar-refractivity contribution in [2.75, 3.05) is 31.1 Å². The van der Waals surface area contributed by atoms with Crippen molar-refractivity contribution < 1.29 is 9.18 Å². The fourth-order valence-corrected chi connectivity index (χ4v) is 4.19.